The molecule has 1 fully saturated rings. The molecule has 0 amide bonds. The zero-order valence-corrected chi connectivity index (χ0v) is 21.9. The summed E-state index contributed by atoms with van der Waals surface area (Å²) in [4.78, 5) is 26.8. The Balaban J connectivity index is 1.79. The number of hydrogen-bond donors (Lipinski definition) is 3. The maximum absolute atomic E-state index is 13.6. The minimum atomic E-state index is -4.21. The number of aliphatic hydroxyl groups is 1. The Morgan fingerprint density at radius 3 is 2.61 bits per heavy atom. The number of ether oxygens (including phenoxy) is 2. The highest BCUT2D eigenvalue weighted by Gasteiger charge is 2.54. The van der Waals surface area contributed by atoms with E-state index in [2.05, 4.69) is 10.1 Å². The average molecular weight is 545 g/mol. The van der Waals surface area contributed by atoms with Crippen LogP contribution < -0.4 is 21.0 Å². The molecule has 36 heavy (non-hydrogen) atoms. The summed E-state index contributed by atoms with van der Waals surface area (Å²) in [6.07, 6.45) is -2.63. The third-order valence-corrected chi connectivity index (χ3v) is 7.31. The molecule has 0 aliphatic carbocycles. The monoisotopic (exact) mass is 544 g/mol. The second-order valence-corrected chi connectivity index (χ2v) is 11.2. The number of nitrogen functional groups attached to an aromatic ring is 1. The van der Waals surface area contributed by atoms with Gasteiger partial charge in [-0.2, -0.15) is 10.1 Å². The third kappa shape index (κ3) is 6.64. The van der Waals surface area contributed by atoms with E-state index in [0.29, 0.717) is 0 Å². The first kappa shape index (κ1) is 28.1. The third-order valence-electron chi connectivity index (χ3n) is 5.26. The molecule has 1 aliphatic rings. The molecule has 12 nitrogen and oxygen atoms in total. The number of carbonyl (C=O) groups is 1. The molecule has 6 atom stereocenters. The minimum Gasteiger partial charge on any atom is -0.462 e. The summed E-state index contributed by atoms with van der Waals surface area (Å²) in [6.45, 7) is 5.83. The highest BCUT2D eigenvalue weighted by Crippen LogP contribution is 2.48. The number of para-hydroxylation sites is 1. The lowest BCUT2D eigenvalue weighted by molar-refractivity contribution is -0.149. The number of esters is 1. The quantitative estimate of drug-likeness (QED) is 0.228. The van der Waals surface area contributed by atoms with Crippen LogP contribution in [0.1, 0.15) is 33.9 Å². The maximum atomic E-state index is 13.6. The Hall–Kier alpha value is -2.47. The smallest absolute Gasteiger partial charge is 0.459 e. The van der Waals surface area contributed by atoms with E-state index in [1.165, 1.54) is 26.1 Å². The molecule has 1 aromatic carbocycles. The summed E-state index contributed by atoms with van der Waals surface area (Å²) in [5, 5.41) is 13.4. The van der Waals surface area contributed by atoms with Crippen molar-refractivity contribution in [2.75, 3.05) is 12.3 Å². The number of benzene rings is 1. The molecule has 2 heterocycles. The van der Waals surface area contributed by atoms with Crippen LogP contribution >= 0.6 is 19.3 Å². The molecule has 198 valence electrons. The zero-order chi connectivity index (χ0) is 26.7. The Kier molecular flexibility index (Phi) is 8.81. The summed E-state index contributed by atoms with van der Waals surface area (Å²) >= 11 is 6.55. The van der Waals surface area contributed by atoms with E-state index in [-0.39, 0.29) is 17.7 Å². The largest absolute Gasteiger partial charge is 0.462 e. The van der Waals surface area contributed by atoms with Crippen LogP contribution in [0.5, 0.6) is 5.75 Å². The first-order chi connectivity index (χ1) is 16.8. The molecule has 2 aromatic rings. The molecule has 1 saturated heterocycles. The lowest BCUT2D eigenvalue weighted by Crippen LogP contribution is -2.42. The van der Waals surface area contributed by atoms with Gasteiger partial charge in [0.25, 0.3) is 0 Å². The van der Waals surface area contributed by atoms with Gasteiger partial charge >= 0.3 is 19.4 Å². The van der Waals surface area contributed by atoms with Crippen LogP contribution in [-0.2, 0) is 23.4 Å². The lowest BCUT2D eigenvalue weighted by atomic mass is 10.0. The van der Waals surface area contributed by atoms with Crippen LogP contribution in [0.15, 0.2) is 47.4 Å². The van der Waals surface area contributed by atoms with Gasteiger partial charge in [-0.15, -0.1) is 11.6 Å². The van der Waals surface area contributed by atoms with Crippen molar-refractivity contribution < 1.29 is 33.0 Å². The molecular weight excluding hydrogens is 515 g/mol. The van der Waals surface area contributed by atoms with E-state index in [1.54, 1.807) is 44.2 Å². The van der Waals surface area contributed by atoms with E-state index < -0.39 is 55.4 Å². The molecule has 4 N–H and O–H groups in total. The second-order valence-electron chi connectivity index (χ2n) is 8.70. The number of rotatable bonds is 10. The first-order valence-electron chi connectivity index (χ1n) is 11.2. The molecule has 1 aromatic heterocycles. The summed E-state index contributed by atoms with van der Waals surface area (Å²) < 4.78 is 36.9. The van der Waals surface area contributed by atoms with Crippen LogP contribution in [0, 0.1) is 0 Å². The van der Waals surface area contributed by atoms with Crippen molar-refractivity contribution in [2.24, 2.45) is 0 Å². The molecule has 14 heteroatoms. The van der Waals surface area contributed by atoms with Gasteiger partial charge < -0.3 is 24.8 Å². The van der Waals surface area contributed by atoms with E-state index in [4.69, 9.17) is 35.9 Å². The zero-order valence-electron chi connectivity index (χ0n) is 20.2. The maximum Gasteiger partial charge on any atom is 0.459 e. The normalized spacial score (nSPS) is 26.4. The minimum absolute atomic E-state index is 0.0149. The van der Waals surface area contributed by atoms with Crippen molar-refractivity contribution >= 4 is 31.1 Å². The molecule has 1 aliphatic heterocycles. The number of aromatic nitrogens is 2. The van der Waals surface area contributed by atoms with Gasteiger partial charge in [0.15, 0.2) is 6.23 Å². The average Bonchev–Trinajstić information content (AvgIpc) is 3.01. The Labute approximate surface area is 213 Å². The fourth-order valence-corrected chi connectivity index (χ4v) is 5.26. The van der Waals surface area contributed by atoms with Crippen LogP contribution in [0.25, 0.3) is 0 Å². The molecule has 3 rings (SSSR count). The summed E-state index contributed by atoms with van der Waals surface area (Å²) in [7, 11) is -4.21. The number of anilines is 1. The van der Waals surface area contributed by atoms with Gasteiger partial charge in [-0.3, -0.25) is 13.9 Å². The summed E-state index contributed by atoms with van der Waals surface area (Å²) in [5.74, 6) is -0.433. The fourth-order valence-electron chi connectivity index (χ4n) is 3.46. The summed E-state index contributed by atoms with van der Waals surface area (Å²) in [6, 6.07) is 8.53. The number of nitrogens with zero attached hydrogens (tertiary/aromatic N) is 2. The van der Waals surface area contributed by atoms with Gasteiger partial charge in [-0.1, -0.05) is 18.2 Å². The number of nitrogens with one attached hydrogen (secondary N) is 1. The van der Waals surface area contributed by atoms with Gasteiger partial charge in [-0.05, 0) is 45.9 Å². The van der Waals surface area contributed by atoms with Gasteiger partial charge in [0.05, 0.1) is 12.7 Å². The van der Waals surface area contributed by atoms with Gasteiger partial charge in [0, 0.05) is 6.20 Å². The highest BCUT2D eigenvalue weighted by atomic mass is 35.5. The van der Waals surface area contributed by atoms with Crippen LogP contribution in [0.3, 0.4) is 0 Å². The molecule has 0 radical (unpaired) electrons. The number of carbonyl (C=O) groups excluding carboxylic acids is 1. The standard InChI is InChI=1S/C22H30ClN4O8P/c1-13(2)33-19(29)14(3)26-36(31,35-15-8-6-5-7-9-15)32-12-16-18(28)22(4,23)20(34-16)27-11-10-17(24)25-21(27)30/h5-11,13-14,16,18,20,28H,12H2,1-4H3,(H,26,31)(H2,24,25,30)/t14-,16-,18-,20-,22-,36-/m1/s1. The van der Waals surface area contributed by atoms with Crippen molar-refractivity contribution in [3.8, 4) is 5.75 Å². The topological polar surface area (TPSA) is 164 Å². The van der Waals surface area contributed by atoms with Crippen molar-refractivity contribution in [3.05, 3.63) is 53.1 Å². The Bertz CT molecular complexity index is 1160. The van der Waals surface area contributed by atoms with Crippen molar-refractivity contribution in [3.63, 3.8) is 0 Å². The number of alkyl halides is 1. The van der Waals surface area contributed by atoms with Crippen molar-refractivity contribution in [1.29, 1.82) is 0 Å². The number of halogens is 1. The van der Waals surface area contributed by atoms with Gasteiger partial charge in [-0.25, -0.2) is 9.36 Å². The number of hydrogen-bond acceptors (Lipinski definition) is 10. The lowest BCUT2D eigenvalue weighted by Gasteiger charge is -2.26. The van der Waals surface area contributed by atoms with Crippen LogP contribution in [0.4, 0.5) is 5.82 Å². The Morgan fingerprint density at radius 1 is 1.33 bits per heavy atom. The molecular formula is C22H30ClN4O8P. The predicted octanol–water partition coefficient (Wildman–Crippen LogP) is 2.21. The summed E-state index contributed by atoms with van der Waals surface area (Å²) in [5.41, 5.74) is 4.82. The van der Waals surface area contributed by atoms with E-state index in [1.807, 2.05) is 0 Å². The molecule has 0 saturated carbocycles. The second kappa shape index (κ2) is 11.3. The fraction of sp³-hybridized carbons (Fsp3) is 0.500. The van der Waals surface area contributed by atoms with Crippen molar-refractivity contribution in [1.82, 2.24) is 14.6 Å². The number of aliphatic hydroxyl groups excluding tert-OH is 1. The predicted molar refractivity (Wildman–Crippen MR) is 132 cm³/mol. The first-order valence-corrected chi connectivity index (χ1v) is 13.1. The molecule has 0 bridgehead atoms. The van der Waals surface area contributed by atoms with E-state index in [0.717, 1.165) is 4.57 Å². The van der Waals surface area contributed by atoms with Gasteiger partial charge in [0.2, 0.25) is 0 Å². The highest BCUT2D eigenvalue weighted by molar-refractivity contribution is 7.52. The van der Waals surface area contributed by atoms with Gasteiger partial charge in [0.1, 0.15) is 34.7 Å². The SMILES string of the molecule is CC(C)OC(=O)[C@@H](C)N[P@@](=O)(OC[C@H]1O[C@@H](n2ccc(N)nc2=O)[C@](C)(Cl)[C@@H]1O)Oc1ccccc1. The molecule has 0 unspecified atom stereocenters. The Morgan fingerprint density at radius 2 is 2.00 bits per heavy atom. The van der Waals surface area contributed by atoms with Crippen LogP contribution in [-0.4, -0.2) is 56.5 Å². The van der Waals surface area contributed by atoms with Crippen molar-refractivity contribution in [2.45, 2.75) is 63.2 Å². The molecule has 0 spiro atoms. The van der Waals surface area contributed by atoms with Crippen LogP contribution in [0.2, 0.25) is 0 Å². The van der Waals surface area contributed by atoms with E-state index >= 15 is 0 Å². The number of nitrogens with two attached hydrogens (primary N) is 1. The van der Waals surface area contributed by atoms with E-state index in [9.17, 15) is 19.3 Å².